The third kappa shape index (κ3) is 7.51. The van der Waals surface area contributed by atoms with E-state index < -0.39 is 30.0 Å². The smallest absolute Gasteiger partial charge is 0.394 e. The number of aliphatic carboxylic acids is 1. The number of amides is 1. The van der Waals surface area contributed by atoms with Crippen molar-refractivity contribution in [3.05, 3.63) is 58.1 Å². The predicted octanol–water partition coefficient (Wildman–Crippen LogP) is 3.72. The van der Waals surface area contributed by atoms with E-state index in [9.17, 15) is 19.5 Å². The number of esters is 1. The van der Waals surface area contributed by atoms with Gasteiger partial charge in [0.05, 0.1) is 6.61 Å². The summed E-state index contributed by atoms with van der Waals surface area (Å²) in [6.07, 6.45) is -1.61. The number of hydrogen-bond donors (Lipinski definition) is 3. The second kappa shape index (κ2) is 11.9. The first-order chi connectivity index (χ1) is 15.1. The molecule has 0 heterocycles. The molecule has 0 aliphatic carbocycles. The molecule has 2 atom stereocenters. The molecule has 0 aliphatic rings. The van der Waals surface area contributed by atoms with E-state index in [1.807, 2.05) is 26.0 Å². The molecule has 172 valence electrons. The lowest BCUT2D eigenvalue weighted by molar-refractivity contribution is -0.155. The van der Waals surface area contributed by atoms with E-state index >= 15 is 0 Å². The highest BCUT2D eigenvalue weighted by atomic mass is 35.5. The van der Waals surface area contributed by atoms with E-state index in [0.29, 0.717) is 21.2 Å². The summed E-state index contributed by atoms with van der Waals surface area (Å²) in [5.41, 5.74) is 2.14. The molecule has 0 aromatic heterocycles. The van der Waals surface area contributed by atoms with Crippen molar-refractivity contribution in [1.29, 1.82) is 0 Å². The van der Waals surface area contributed by atoms with Crippen LogP contribution in [-0.2, 0) is 25.5 Å². The number of carbonyl (C=O) groups is 3. The zero-order chi connectivity index (χ0) is 23.8. The summed E-state index contributed by atoms with van der Waals surface area (Å²) in [5, 5.41) is 22.4. The van der Waals surface area contributed by atoms with Gasteiger partial charge < -0.3 is 20.3 Å². The lowest BCUT2D eigenvalue weighted by atomic mass is 9.97. The molecule has 9 heteroatoms. The largest absolute Gasteiger partial charge is 0.474 e. The van der Waals surface area contributed by atoms with Gasteiger partial charge in [0, 0.05) is 33.6 Å². The van der Waals surface area contributed by atoms with Crippen LogP contribution in [0.4, 0.5) is 0 Å². The Morgan fingerprint density at radius 2 is 1.69 bits per heavy atom. The molecule has 2 aromatic rings. The Labute approximate surface area is 196 Å². The highest BCUT2D eigenvalue weighted by molar-refractivity contribution is 6.36. The summed E-state index contributed by atoms with van der Waals surface area (Å²) in [6.45, 7) is 3.85. The number of nitrogens with one attached hydrogen (secondary N) is 1. The van der Waals surface area contributed by atoms with Gasteiger partial charge in [-0.05, 0) is 30.0 Å². The van der Waals surface area contributed by atoms with Gasteiger partial charge in [0.2, 0.25) is 0 Å². The van der Waals surface area contributed by atoms with Crippen molar-refractivity contribution in [2.75, 3.05) is 6.61 Å². The third-order valence-corrected chi connectivity index (χ3v) is 5.19. The number of aliphatic hydroxyl groups excluding tert-OH is 1. The summed E-state index contributed by atoms with van der Waals surface area (Å²) in [6, 6.07) is 11.6. The van der Waals surface area contributed by atoms with Gasteiger partial charge in [0.1, 0.15) is 0 Å². The van der Waals surface area contributed by atoms with E-state index in [1.54, 1.807) is 30.3 Å². The Balaban J connectivity index is 2.18. The molecule has 0 radical (unpaired) electrons. The van der Waals surface area contributed by atoms with Crippen LogP contribution in [0.2, 0.25) is 10.0 Å². The quantitative estimate of drug-likeness (QED) is 0.371. The van der Waals surface area contributed by atoms with Gasteiger partial charge >= 0.3 is 17.8 Å². The molecule has 0 saturated carbocycles. The van der Waals surface area contributed by atoms with Crippen molar-refractivity contribution in [2.45, 2.75) is 38.8 Å². The van der Waals surface area contributed by atoms with Crippen LogP contribution in [-0.4, -0.2) is 46.8 Å². The van der Waals surface area contributed by atoms with Crippen LogP contribution in [0, 0.1) is 5.92 Å². The standard InChI is InChI=1S/C23H25Cl2NO6/c1-13(2)12-32-23(31)20(27)11-15(26-21(28)22(29)30)9-14-7-8-17(19(25)10-14)16-5-3-4-6-18(16)24/h3-8,10,13,15,20,27H,9,11-12H2,1-2H3,(H,26,28)(H,29,30)/t15-,20-/m1/s1. The zero-order valence-corrected chi connectivity index (χ0v) is 19.2. The van der Waals surface area contributed by atoms with Gasteiger partial charge in [-0.15, -0.1) is 0 Å². The first-order valence-corrected chi connectivity index (χ1v) is 10.8. The number of aliphatic hydroxyl groups is 1. The number of rotatable bonds is 9. The Bertz CT molecular complexity index is 979. The van der Waals surface area contributed by atoms with Crippen molar-refractivity contribution in [1.82, 2.24) is 5.32 Å². The monoisotopic (exact) mass is 481 g/mol. The lowest BCUT2D eigenvalue weighted by Crippen LogP contribution is -2.43. The summed E-state index contributed by atoms with van der Waals surface area (Å²) < 4.78 is 5.01. The number of carboxylic acid groups (broad SMARTS) is 1. The van der Waals surface area contributed by atoms with Crippen LogP contribution in [0.5, 0.6) is 0 Å². The number of benzene rings is 2. The first kappa shape index (κ1) is 25.6. The minimum absolute atomic E-state index is 0.0902. The molecular formula is C23H25Cl2NO6. The van der Waals surface area contributed by atoms with E-state index in [4.69, 9.17) is 33.0 Å². The third-order valence-electron chi connectivity index (χ3n) is 4.55. The molecule has 7 nitrogen and oxygen atoms in total. The fourth-order valence-corrected chi connectivity index (χ4v) is 3.56. The SMILES string of the molecule is CC(C)COC(=O)[C@H](O)C[C@@H](Cc1ccc(-c2ccccc2Cl)c(Cl)c1)NC(=O)C(=O)O. The van der Waals surface area contributed by atoms with Crippen LogP contribution >= 0.6 is 23.2 Å². The van der Waals surface area contributed by atoms with Crippen LogP contribution in [0.25, 0.3) is 11.1 Å². The van der Waals surface area contributed by atoms with Crippen LogP contribution in [0.3, 0.4) is 0 Å². The molecule has 3 N–H and O–H groups in total. The Kier molecular flexibility index (Phi) is 9.50. The molecule has 2 aromatic carbocycles. The van der Waals surface area contributed by atoms with Crippen LogP contribution in [0.15, 0.2) is 42.5 Å². The first-order valence-electron chi connectivity index (χ1n) is 10.00. The number of carboxylic acids is 1. The van der Waals surface area contributed by atoms with E-state index in [1.165, 1.54) is 0 Å². The number of hydrogen-bond acceptors (Lipinski definition) is 5. The predicted molar refractivity (Wildman–Crippen MR) is 122 cm³/mol. The summed E-state index contributed by atoms with van der Waals surface area (Å²) in [7, 11) is 0. The minimum Gasteiger partial charge on any atom is -0.474 e. The second-order valence-electron chi connectivity index (χ2n) is 7.75. The average Bonchev–Trinajstić information content (AvgIpc) is 2.72. The van der Waals surface area contributed by atoms with Gasteiger partial charge in [-0.2, -0.15) is 0 Å². The Morgan fingerprint density at radius 1 is 1.03 bits per heavy atom. The van der Waals surface area contributed by atoms with Crippen LogP contribution < -0.4 is 5.32 Å². The molecule has 0 fully saturated rings. The van der Waals surface area contributed by atoms with Crippen molar-refractivity contribution < 1.29 is 29.3 Å². The summed E-state index contributed by atoms with van der Waals surface area (Å²) in [5.74, 6) is -3.65. The fourth-order valence-electron chi connectivity index (χ4n) is 3.02. The number of ether oxygens (including phenoxy) is 1. The molecule has 0 aliphatic heterocycles. The maximum atomic E-state index is 12.0. The number of halogens is 2. The van der Waals surface area contributed by atoms with Gasteiger partial charge in [0.25, 0.3) is 0 Å². The van der Waals surface area contributed by atoms with Crippen LogP contribution in [0.1, 0.15) is 25.8 Å². The molecule has 1 amide bonds. The maximum absolute atomic E-state index is 12.0. The lowest BCUT2D eigenvalue weighted by Gasteiger charge is -2.21. The molecule has 0 bridgehead atoms. The van der Waals surface area contributed by atoms with Gasteiger partial charge in [-0.3, -0.25) is 4.79 Å². The van der Waals surface area contributed by atoms with E-state index in [-0.39, 0.29) is 25.4 Å². The van der Waals surface area contributed by atoms with E-state index in [2.05, 4.69) is 5.32 Å². The van der Waals surface area contributed by atoms with Crippen molar-refractivity contribution in [3.8, 4) is 11.1 Å². The Hall–Kier alpha value is -2.61. The normalized spacial score (nSPS) is 12.8. The fraction of sp³-hybridized carbons (Fsp3) is 0.348. The molecular weight excluding hydrogens is 457 g/mol. The highest BCUT2D eigenvalue weighted by Gasteiger charge is 2.26. The van der Waals surface area contributed by atoms with Gasteiger partial charge in [0.15, 0.2) is 6.10 Å². The second-order valence-corrected chi connectivity index (χ2v) is 8.56. The molecule has 0 unspecified atom stereocenters. The number of carbonyl (C=O) groups excluding carboxylic acids is 2. The minimum atomic E-state index is -1.67. The molecule has 2 rings (SSSR count). The summed E-state index contributed by atoms with van der Waals surface area (Å²) >= 11 is 12.7. The van der Waals surface area contributed by atoms with Crippen molar-refractivity contribution in [2.24, 2.45) is 5.92 Å². The van der Waals surface area contributed by atoms with Gasteiger partial charge in [-0.25, -0.2) is 9.59 Å². The molecule has 0 spiro atoms. The van der Waals surface area contributed by atoms with Crippen molar-refractivity contribution >= 4 is 41.0 Å². The molecule has 0 saturated heterocycles. The maximum Gasteiger partial charge on any atom is 0.394 e. The summed E-state index contributed by atoms with van der Waals surface area (Å²) in [4.78, 5) is 34.7. The van der Waals surface area contributed by atoms with Crippen molar-refractivity contribution in [3.63, 3.8) is 0 Å². The average molecular weight is 482 g/mol. The molecule has 32 heavy (non-hydrogen) atoms. The Morgan fingerprint density at radius 3 is 2.28 bits per heavy atom. The topological polar surface area (TPSA) is 113 Å². The zero-order valence-electron chi connectivity index (χ0n) is 17.7. The highest BCUT2D eigenvalue weighted by Crippen LogP contribution is 2.33. The van der Waals surface area contributed by atoms with Gasteiger partial charge in [-0.1, -0.05) is 67.4 Å². The van der Waals surface area contributed by atoms with E-state index in [0.717, 1.165) is 5.56 Å².